The van der Waals surface area contributed by atoms with Gasteiger partial charge in [-0.2, -0.15) is 5.26 Å². The number of nitriles is 1. The van der Waals surface area contributed by atoms with Crippen LogP contribution >= 0.6 is 34.8 Å². The smallest absolute Gasteiger partial charge is 0.251 e. The minimum absolute atomic E-state index is 0.130. The molecule has 0 aliphatic carbocycles. The molecule has 4 nitrogen and oxygen atoms in total. The summed E-state index contributed by atoms with van der Waals surface area (Å²) < 4.78 is 0. The van der Waals surface area contributed by atoms with Crippen molar-refractivity contribution in [1.82, 2.24) is 4.90 Å². The molecule has 2 aromatic carbocycles. The third kappa shape index (κ3) is 9.49. The van der Waals surface area contributed by atoms with Crippen molar-refractivity contribution in [1.29, 1.82) is 5.26 Å². The zero-order chi connectivity index (χ0) is 23.6. The fourth-order valence-corrected chi connectivity index (χ4v) is 3.65. The van der Waals surface area contributed by atoms with Crippen LogP contribution in [0.5, 0.6) is 0 Å². The molecule has 0 radical (unpaired) electrons. The molecule has 1 N–H and O–H groups in total. The number of benzene rings is 2. The second-order valence-electron chi connectivity index (χ2n) is 7.54. The highest BCUT2D eigenvalue weighted by Crippen LogP contribution is 2.20. The van der Waals surface area contributed by atoms with Crippen LogP contribution in [-0.2, 0) is 11.2 Å². The maximum atomic E-state index is 11.2. The van der Waals surface area contributed by atoms with Crippen LogP contribution in [0, 0.1) is 24.2 Å². The second kappa shape index (κ2) is 13.6. The van der Waals surface area contributed by atoms with Gasteiger partial charge in [0.2, 0.25) is 0 Å². The molecule has 2 unspecified atom stereocenters. The van der Waals surface area contributed by atoms with Gasteiger partial charge in [-0.1, -0.05) is 54.7 Å². The Balaban J connectivity index is 0.000000233. The lowest BCUT2D eigenvalue weighted by Crippen LogP contribution is -2.35. The Kier molecular flexibility index (Phi) is 12.0. The van der Waals surface area contributed by atoms with Crippen LogP contribution in [0.25, 0.3) is 0 Å². The van der Waals surface area contributed by atoms with E-state index in [9.17, 15) is 4.79 Å². The number of amides is 1. The molecule has 1 aliphatic heterocycles. The number of hydrogen-bond donors (Lipinski definition) is 1. The van der Waals surface area contributed by atoms with Crippen LogP contribution in [0.4, 0.5) is 0 Å². The standard InChI is InChI=1S/C8H8Cl2.C8H6ClN.C8H15NO2/c1-2-6-5-7(9)3-4-8(6)10;1-6-2-3-7(5-10)8(9)4-6;1-6-3-4-9(5-6)8(11)7(2)10/h3-5H,2H2,1H3;2-4H,1H3;6-7,10H,3-5H2,1-2H3. The predicted molar refractivity (Wildman–Crippen MR) is 129 cm³/mol. The highest BCUT2D eigenvalue weighted by molar-refractivity contribution is 6.33. The molecule has 0 bridgehead atoms. The molecule has 0 spiro atoms. The van der Waals surface area contributed by atoms with Gasteiger partial charge in [-0.15, -0.1) is 0 Å². The number of aliphatic hydroxyl groups is 1. The highest BCUT2D eigenvalue weighted by Gasteiger charge is 2.25. The van der Waals surface area contributed by atoms with Gasteiger partial charge in [-0.3, -0.25) is 4.79 Å². The molecule has 0 saturated carbocycles. The highest BCUT2D eigenvalue weighted by atomic mass is 35.5. The molecular formula is C24H29Cl3N2O2. The van der Waals surface area contributed by atoms with E-state index >= 15 is 0 Å². The average Bonchev–Trinajstić information content (AvgIpc) is 3.16. The summed E-state index contributed by atoms with van der Waals surface area (Å²) in [5.74, 6) is 0.465. The maximum absolute atomic E-state index is 11.2. The minimum atomic E-state index is -0.833. The number of nitrogens with zero attached hydrogens (tertiary/aromatic N) is 2. The van der Waals surface area contributed by atoms with E-state index in [0.717, 1.165) is 47.1 Å². The van der Waals surface area contributed by atoms with E-state index in [1.807, 2.05) is 31.2 Å². The molecular weight excluding hydrogens is 455 g/mol. The van der Waals surface area contributed by atoms with Crippen molar-refractivity contribution in [3.63, 3.8) is 0 Å². The van der Waals surface area contributed by atoms with Crippen molar-refractivity contribution >= 4 is 40.7 Å². The largest absolute Gasteiger partial charge is 0.384 e. The van der Waals surface area contributed by atoms with Gasteiger partial charge in [0.05, 0.1) is 10.6 Å². The Bertz CT molecular complexity index is 901. The minimum Gasteiger partial charge on any atom is -0.384 e. The van der Waals surface area contributed by atoms with E-state index < -0.39 is 6.10 Å². The van der Waals surface area contributed by atoms with E-state index in [1.165, 1.54) is 6.92 Å². The lowest BCUT2D eigenvalue weighted by atomic mass is 10.2. The van der Waals surface area contributed by atoms with Crippen molar-refractivity contribution < 1.29 is 9.90 Å². The van der Waals surface area contributed by atoms with Crippen molar-refractivity contribution in [3.8, 4) is 6.07 Å². The van der Waals surface area contributed by atoms with E-state index in [2.05, 4.69) is 13.8 Å². The first-order valence-electron chi connectivity index (χ1n) is 10.2. The van der Waals surface area contributed by atoms with E-state index in [0.29, 0.717) is 16.5 Å². The van der Waals surface area contributed by atoms with E-state index in [1.54, 1.807) is 23.1 Å². The number of hydrogen-bond acceptors (Lipinski definition) is 3. The number of carbonyl (C=O) groups excluding carboxylic acids is 1. The number of aryl methyl sites for hydroxylation is 2. The number of halogens is 3. The van der Waals surface area contributed by atoms with Crippen molar-refractivity contribution in [2.45, 2.75) is 46.6 Å². The van der Waals surface area contributed by atoms with Gasteiger partial charge in [0.1, 0.15) is 12.2 Å². The van der Waals surface area contributed by atoms with Crippen molar-refractivity contribution in [2.75, 3.05) is 13.1 Å². The average molecular weight is 484 g/mol. The van der Waals surface area contributed by atoms with Gasteiger partial charge in [0.25, 0.3) is 5.91 Å². The maximum Gasteiger partial charge on any atom is 0.251 e. The first kappa shape index (κ1) is 27.3. The molecule has 1 fully saturated rings. The van der Waals surface area contributed by atoms with E-state index in [4.69, 9.17) is 45.2 Å². The van der Waals surface area contributed by atoms with Gasteiger partial charge in [0.15, 0.2) is 0 Å². The first-order valence-corrected chi connectivity index (χ1v) is 11.3. The quantitative estimate of drug-likeness (QED) is 0.544. The topological polar surface area (TPSA) is 64.3 Å². The molecule has 1 heterocycles. The van der Waals surface area contributed by atoms with Gasteiger partial charge in [0, 0.05) is 23.1 Å². The van der Waals surface area contributed by atoms with Gasteiger partial charge < -0.3 is 10.0 Å². The fraction of sp³-hybridized carbons (Fsp3) is 0.417. The Morgan fingerprint density at radius 1 is 1.23 bits per heavy atom. The normalized spacial score (nSPS) is 15.7. The first-order chi connectivity index (χ1) is 14.6. The summed E-state index contributed by atoms with van der Waals surface area (Å²) in [6, 6.07) is 12.9. The molecule has 1 amide bonds. The predicted octanol–water partition coefficient (Wildman–Crippen LogP) is 6.31. The number of carbonyl (C=O) groups is 1. The van der Waals surface area contributed by atoms with Crippen LogP contribution in [0.3, 0.4) is 0 Å². The Hall–Kier alpha value is -1.77. The molecule has 31 heavy (non-hydrogen) atoms. The summed E-state index contributed by atoms with van der Waals surface area (Å²) in [6.07, 6.45) is 1.16. The van der Waals surface area contributed by atoms with E-state index in [-0.39, 0.29) is 5.91 Å². The molecule has 2 atom stereocenters. The number of likely N-dealkylation sites (tertiary alicyclic amines) is 1. The zero-order valence-corrected chi connectivity index (χ0v) is 20.6. The Morgan fingerprint density at radius 2 is 1.90 bits per heavy atom. The van der Waals surface area contributed by atoms with Crippen molar-refractivity contribution in [3.05, 3.63) is 68.2 Å². The number of aliphatic hydroxyl groups excluding tert-OH is 1. The summed E-state index contributed by atoms with van der Waals surface area (Å²) in [7, 11) is 0. The number of rotatable bonds is 2. The summed E-state index contributed by atoms with van der Waals surface area (Å²) in [6.45, 7) is 9.25. The Morgan fingerprint density at radius 3 is 2.35 bits per heavy atom. The molecule has 1 aliphatic rings. The molecule has 7 heteroatoms. The van der Waals surface area contributed by atoms with Crippen LogP contribution < -0.4 is 0 Å². The fourth-order valence-electron chi connectivity index (χ4n) is 2.92. The second-order valence-corrected chi connectivity index (χ2v) is 8.79. The lowest BCUT2D eigenvalue weighted by Gasteiger charge is -2.17. The summed E-state index contributed by atoms with van der Waals surface area (Å²) in [5, 5.41) is 19.5. The molecule has 3 rings (SSSR count). The SMILES string of the molecule is CC1CCN(C(=O)C(C)O)C1.CCc1cc(Cl)ccc1Cl.Cc1ccc(C#N)c(Cl)c1. The molecule has 168 valence electrons. The zero-order valence-electron chi connectivity index (χ0n) is 18.3. The lowest BCUT2D eigenvalue weighted by molar-refractivity contribution is -0.138. The van der Waals surface area contributed by atoms with Gasteiger partial charge in [-0.25, -0.2) is 0 Å². The summed E-state index contributed by atoms with van der Waals surface area (Å²) in [5.41, 5.74) is 2.71. The third-order valence-electron chi connectivity index (χ3n) is 4.73. The van der Waals surface area contributed by atoms with Gasteiger partial charge >= 0.3 is 0 Å². The van der Waals surface area contributed by atoms with Crippen LogP contribution in [-0.4, -0.2) is 35.1 Å². The molecule has 2 aromatic rings. The van der Waals surface area contributed by atoms with Crippen LogP contribution in [0.1, 0.15) is 43.9 Å². The van der Waals surface area contributed by atoms with Crippen LogP contribution in [0.2, 0.25) is 15.1 Å². The van der Waals surface area contributed by atoms with Crippen molar-refractivity contribution in [2.24, 2.45) is 5.92 Å². The molecule has 0 aromatic heterocycles. The Labute approximate surface area is 200 Å². The molecule has 1 saturated heterocycles. The third-order valence-corrected chi connectivity index (χ3v) is 5.64. The summed E-state index contributed by atoms with van der Waals surface area (Å²) >= 11 is 17.3. The summed E-state index contributed by atoms with van der Waals surface area (Å²) in [4.78, 5) is 12.9. The van der Waals surface area contributed by atoms with Crippen LogP contribution in [0.15, 0.2) is 36.4 Å². The monoisotopic (exact) mass is 482 g/mol. The van der Waals surface area contributed by atoms with Gasteiger partial charge in [-0.05, 0) is 74.1 Å².